The fourth-order valence-electron chi connectivity index (χ4n) is 1.07. The molecular weight excluding hydrogens is 174 g/mol. The minimum Gasteiger partial charge on any atom is -0.494 e. The molecule has 1 aromatic carbocycles. The average molecular weight is 183 g/mol. The third kappa shape index (κ3) is 1.27. The Morgan fingerprint density at radius 2 is 2.23 bits per heavy atom. The fraction of sp³-hybridized carbons (Fsp3) is 0.143. The molecule has 6 nitrogen and oxygen atoms in total. The molecule has 1 aromatic heterocycles. The highest BCUT2D eigenvalue weighted by atomic mass is 16.5. The van der Waals surface area contributed by atoms with Crippen LogP contribution in [0, 0.1) is 0 Å². The zero-order valence-electron chi connectivity index (χ0n) is 6.93. The van der Waals surface area contributed by atoms with Crippen LogP contribution in [0.1, 0.15) is 0 Å². The van der Waals surface area contributed by atoms with Gasteiger partial charge in [-0.1, -0.05) is 10.9 Å². The molecule has 0 amide bonds. The summed E-state index contributed by atoms with van der Waals surface area (Å²) >= 11 is 0. The van der Waals surface area contributed by atoms with Gasteiger partial charge >= 0.3 is 0 Å². The summed E-state index contributed by atoms with van der Waals surface area (Å²) in [5.74, 6) is 0.604. The van der Waals surface area contributed by atoms with Crippen LogP contribution in [0.25, 0.3) is 11.0 Å². The number of fused-ring (bicyclic) bond motifs is 1. The maximum atomic E-state index is 9.12. The molecule has 0 fully saturated rings. The van der Waals surface area contributed by atoms with E-state index >= 15 is 0 Å². The number of ether oxygens (including phenoxy) is 1. The number of nitrogens with zero attached hydrogens (tertiary/aromatic N) is 3. The summed E-state index contributed by atoms with van der Waals surface area (Å²) in [4.78, 5) is 0.720. The summed E-state index contributed by atoms with van der Waals surface area (Å²) < 4.78 is 5.01. The van der Waals surface area contributed by atoms with Gasteiger partial charge in [0.1, 0.15) is 11.3 Å². The van der Waals surface area contributed by atoms with Gasteiger partial charge in [0.25, 0.3) is 0 Å². The van der Waals surface area contributed by atoms with E-state index < -0.39 is 0 Å². The zero-order valence-corrected chi connectivity index (χ0v) is 6.93. The van der Waals surface area contributed by atoms with Crippen molar-refractivity contribution in [2.24, 2.45) is 0 Å². The summed E-state index contributed by atoms with van der Waals surface area (Å²) in [5.41, 5.74) is 1.09. The maximum absolute atomic E-state index is 9.12. The molecular formula is C7H9N3O3. The van der Waals surface area contributed by atoms with Gasteiger partial charge in [-0.3, -0.25) is 0 Å². The van der Waals surface area contributed by atoms with Gasteiger partial charge in [-0.05, 0) is 17.3 Å². The number of benzene rings is 1. The number of rotatable bonds is 1. The Bertz CT molecular complexity index is 412. The molecule has 0 spiro atoms. The van der Waals surface area contributed by atoms with Crippen LogP contribution in [0.15, 0.2) is 18.2 Å². The van der Waals surface area contributed by atoms with Crippen LogP contribution in [-0.2, 0) is 0 Å². The van der Waals surface area contributed by atoms with E-state index in [2.05, 4.69) is 10.3 Å². The van der Waals surface area contributed by atoms with Gasteiger partial charge in [0, 0.05) is 0 Å². The number of methoxy groups -OCH3 is 1. The van der Waals surface area contributed by atoms with Gasteiger partial charge in [0.05, 0.1) is 7.11 Å². The third-order valence-corrected chi connectivity index (χ3v) is 1.64. The average Bonchev–Trinajstić information content (AvgIpc) is 2.48. The van der Waals surface area contributed by atoms with Crippen LogP contribution in [0.3, 0.4) is 0 Å². The highest BCUT2D eigenvalue weighted by molar-refractivity contribution is 5.80. The van der Waals surface area contributed by atoms with Crippen molar-refractivity contribution < 1.29 is 15.4 Å². The zero-order chi connectivity index (χ0) is 8.55. The number of hydrogen-bond acceptors (Lipinski definition) is 4. The van der Waals surface area contributed by atoms with Gasteiger partial charge in [-0.2, -0.15) is 0 Å². The first-order chi connectivity index (χ1) is 5.83. The van der Waals surface area contributed by atoms with Crippen LogP contribution in [0.5, 0.6) is 5.75 Å². The maximum Gasteiger partial charge on any atom is 0.158 e. The van der Waals surface area contributed by atoms with Crippen LogP contribution in [-0.4, -0.2) is 33.0 Å². The second-order valence-electron chi connectivity index (χ2n) is 2.31. The second kappa shape index (κ2) is 3.28. The molecule has 0 atom stereocenters. The largest absolute Gasteiger partial charge is 0.494 e. The first kappa shape index (κ1) is 9.27. The Morgan fingerprint density at radius 1 is 1.46 bits per heavy atom. The molecule has 0 saturated carbocycles. The number of hydrogen-bond donors (Lipinski definition) is 1. The molecule has 2 rings (SSSR count). The predicted molar refractivity (Wildman–Crippen MR) is 44.9 cm³/mol. The topological polar surface area (TPSA) is 91.7 Å². The highest BCUT2D eigenvalue weighted by Crippen LogP contribution is 2.21. The molecule has 0 aliphatic carbocycles. The first-order valence-electron chi connectivity index (χ1n) is 3.40. The molecule has 0 radical (unpaired) electrons. The van der Waals surface area contributed by atoms with Crippen molar-refractivity contribution in [3.8, 4) is 5.75 Å². The predicted octanol–water partition coefficient (Wildman–Crippen LogP) is -0.148. The van der Waals surface area contributed by atoms with Crippen LogP contribution in [0.4, 0.5) is 0 Å². The molecule has 0 bridgehead atoms. The van der Waals surface area contributed by atoms with Crippen molar-refractivity contribution in [2.75, 3.05) is 7.11 Å². The van der Waals surface area contributed by atoms with Crippen LogP contribution < -0.4 is 4.74 Å². The quantitative estimate of drug-likeness (QED) is 0.622. The Kier molecular flexibility index (Phi) is 2.34. The SMILES string of the molecule is COc1cccc2c1nnn2O.O. The van der Waals surface area contributed by atoms with E-state index in [1.165, 1.54) is 0 Å². The Morgan fingerprint density at radius 3 is 2.92 bits per heavy atom. The molecule has 2 aromatic rings. The van der Waals surface area contributed by atoms with E-state index in [0.717, 1.165) is 4.85 Å². The molecule has 3 N–H and O–H groups in total. The Hall–Kier alpha value is -1.82. The van der Waals surface area contributed by atoms with Crippen LogP contribution >= 0.6 is 0 Å². The van der Waals surface area contributed by atoms with Gasteiger partial charge < -0.3 is 15.4 Å². The summed E-state index contributed by atoms with van der Waals surface area (Å²) in [6.07, 6.45) is 0. The van der Waals surface area contributed by atoms with E-state index in [9.17, 15) is 0 Å². The van der Waals surface area contributed by atoms with E-state index in [1.807, 2.05) is 0 Å². The van der Waals surface area contributed by atoms with Crippen molar-refractivity contribution in [3.05, 3.63) is 18.2 Å². The van der Waals surface area contributed by atoms with Crippen molar-refractivity contribution >= 4 is 11.0 Å². The molecule has 70 valence electrons. The smallest absolute Gasteiger partial charge is 0.158 e. The van der Waals surface area contributed by atoms with Crippen LogP contribution in [0.2, 0.25) is 0 Å². The summed E-state index contributed by atoms with van der Waals surface area (Å²) in [7, 11) is 1.55. The molecule has 0 aliphatic rings. The normalized spacial score (nSPS) is 9.62. The molecule has 0 aliphatic heterocycles. The molecule has 0 saturated heterocycles. The van der Waals surface area contributed by atoms with E-state index in [1.54, 1.807) is 25.3 Å². The van der Waals surface area contributed by atoms with E-state index in [4.69, 9.17) is 9.94 Å². The summed E-state index contributed by atoms with van der Waals surface area (Å²) in [6.45, 7) is 0. The second-order valence-corrected chi connectivity index (χ2v) is 2.31. The summed E-state index contributed by atoms with van der Waals surface area (Å²) in [5, 5.41) is 16.3. The van der Waals surface area contributed by atoms with Crippen molar-refractivity contribution in [1.29, 1.82) is 0 Å². The van der Waals surface area contributed by atoms with Crippen molar-refractivity contribution in [2.45, 2.75) is 0 Å². The lowest BCUT2D eigenvalue weighted by Gasteiger charge is -1.97. The van der Waals surface area contributed by atoms with Gasteiger partial charge in [0.2, 0.25) is 0 Å². The van der Waals surface area contributed by atoms with Gasteiger partial charge in [0.15, 0.2) is 5.52 Å². The van der Waals surface area contributed by atoms with Gasteiger partial charge in [-0.25, -0.2) is 0 Å². The van der Waals surface area contributed by atoms with Crippen molar-refractivity contribution in [3.63, 3.8) is 0 Å². The van der Waals surface area contributed by atoms with E-state index in [-0.39, 0.29) is 5.48 Å². The Labute approximate surface area is 73.6 Å². The first-order valence-corrected chi connectivity index (χ1v) is 3.40. The fourth-order valence-corrected chi connectivity index (χ4v) is 1.07. The lowest BCUT2D eigenvalue weighted by atomic mass is 10.3. The third-order valence-electron chi connectivity index (χ3n) is 1.64. The number of aromatic nitrogens is 3. The highest BCUT2D eigenvalue weighted by Gasteiger charge is 2.06. The molecule has 1 heterocycles. The molecule has 13 heavy (non-hydrogen) atoms. The minimum atomic E-state index is 0. The van der Waals surface area contributed by atoms with Crippen molar-refractivity contribution in [1.82, 2.24) is 15.2 Å². The lowest BCUT2D eigenvalue weighted by Crippen LogP contribution is -1.91. The lowest BCUT2D eigenvalue weighted by molar-refractivity contribution is 0.154. The molecule has 0 unspecified atom stereocenters. The minimum absolute atomic E-state index is 0. The monoisotopic (exact) mass is 183 g/mol. The van der Waals surface area contributed by atoms with Gasteiger partial charge in [-0.15, -0.1) is 5.10 Å². The Balaban J connectivity index is 0.000000845. The standard InChI is InChI=1S/C7H7N3O2.H2O/c1-12-6-4-2-3-5-7(6)8-9-10(5)11;/h2-4,11H,1H3;1H2. The van der Waals surface area contributed by atoms with E-state index in [0.29, 0.717) is 16.8 Å². The molecule has 6 heteroatoms. The summed E-state index contributed by atoms with van der Waals surface area (Å²) in [6, 6.07) is 5.23.